The summed E-state index contributed by atoms with van der Waals surface area (Å²) in [5.74, 6) is 0.252. The van der Waals surface area contributed by atoms with Crippen LogP contribution in [-0.4, -0.2) is 34.6 Å². The van der Waals surface area contributed by atoms with Gasteiger partial charge < -0.3 is 14.8 Å². The van der Waals surface area contributed by atoms with Crippen LogP contribution in [0.2, 0.25) is 0 Å². The first-order chi connectivity index (χ1) is 12.7. The van der Waals surface area contributed by atoms with Crippen molar-refractivity contribution < 1.29 is 22.7 Å². The number of anilines is 1. The average Bonchev–Trinajstić information content (AvgIpc) is 2.63. The van der Waals surface area contributed by atoms with Gasteiger partial charge >= 0.3 is 0 Å². The number of sulfonamides is 1. The number of hydrogen-bond donors (Lipinski definition) is 2. The Labute approximate surface area is 159 Å². The molecule has 2 rings (SSSR count). The third kappa shape index (κ3) is 4.78. The fraction of sp³-hybridized carbons (Fsp3) is 0.316. The molecule has 0 saturated carbocycles. The molecule has 0 aliphatic rings. The standard InChI is InChI=1S/C19H24N2O5S/c1-12-7-6-8-13(2)18(12)20-19(22)14(3)21-27(23,24)15-9-10-16(25-4)17(11-15)26-5/h6-11,14,21H,1-5H3,(H,20,22)/t14-/m1/s1. The highest BCUT2D eigenvalue weighted by atomic mass is 32.2. The third-order valence-corrected chi connectivity index (χ3v) is 5.66. The summed E-state index contributed by atoms with van der Waals surface area (Å²) in [5.41, 5.74) is 2.48. The maximum atomic E-state index is 12.6. The number of ether oxygens (including phenoxy) is 2. The number of hydrogen-bond acceptors (Lipinski definition) is 5. The molecule has 0 unspecified atom stereocenters. The van der Waals surface area contributed by atoms with Gasteiger partial charge in [-0.15, -0.1) is 0 Å². The van der Waals surface area contributed by atoms with Crippen molar-refractivity contribution >= 4 is 21.6 Å². The predicted molar refractivity (Wildman–Crippen MR) is 104 cm³/mol. The number of rotatable bonds is 7. The van der Waals surface area contributed by atoms with Crippen LogP contribution in [0.15, 0.2) is 41.3 Å². The molecule has 1 atom stereocenters. The van der Waals surface area contributed by atoms with Crippen molar-refractivity contribution in [1.29, 1.82) is 0 Å². The zero-order chi connectivity index (χ0) is 20.2. The molecular weight excluding hydrogens is 368 g/mol. The highest BCUT2D eigenvalue weighted by Gasteiger charge is 2.24. The Balaban J connectivity index is 2.18. The van der Waals surface area contributed by atoms with E-state index in [2.05, 4.69) is 10.0 Å². The molecule has 2 aromatic carbocycles. The average molecular weight is 392 g/mol. The lowest BCUT2D eigenvalue weighted by Crippen LogP contribution is -2.41. The van der Waals surface area contributed by atoms with Crippen LogP contribution in [0.5, 0.6) is 11.5 Å². The smallest absolute Gasteiger partial charge is 0.242 e. The number of methoxy groups -OCH3 is 2. The van der Waals surface area contributed by atoms with Gasteiger partial charge in [-0.05, 0) is 44.0 Å². The molecule has 2 aromatic rings. The number of amides is 1. The Morgan fingerprint density at radius 1 is 1.00 bits per heavy atom. The summed E-state index contributed by atoms with van der Waals surface area (Å²) in [7, 11) is -1.04. The monoisotopic (exact) mass is 392 g/mol. The fourth-order valence-electron chi connectivity index (χ4n) is 2.58. The number of nitrogens with one attached hydrogen (secondary N) is 2. The van der Waals surface area contributed by atoms with Crippen molar-refractivity contribution in [2.24, 2.45) is 0 Å². The van der Waals surface area contributed by atoms with Crippen molar-refractivity contribution in [3.63, 3.8) is 0 Å². The minimum absolute atomic E-state index is 0.0214. The number of para-hydroxylation sites is 1. The largest absolute Gasteiger partial charge is 0.493 e. The lowest BCUT2D eigenvalue weighted by molar-refractivity contribution is -0.117. The first-order valence-corrected chi connectivity index (χ1v) is 9.79. The summed E-state index contributed by atoms with van der Waals surface area (Å²) in [6.07, 6.45) is 0. The molecule has 0 fully saturated rings. The first-order valence-electron chi connectivity index (χ1n) is 8.31. The number of carbonyl (C=O) groups excluding carboxylic acids is 1. The predicted octanol–water partition coefficient (Wildman–Crippen LogP) is 2.63. The molecule has 8 heteroatoms. The van der Waals surface area contributed by atoms with Crippen LogP contribution in [0, 0.1) is 13.8 Å². The Kier molecular flexibility index (Phi) is 6.45. The number of aryl methyl sites for hydroxylation is 2. The van der Waals surface area contributed by atoms with E-state index in [0.717, 1.165) is 11.1 Å². The SMILES string of the molecule is COc1ccc(S(=O)(=O)N[C@H](C)C(=O)Nc2c(C)cccc2C)cc1OC. The molecule has 2 N–H and O–H groups in total. The maximum Gasteiger partial charge on any atom is 0.242 e. The van der Waals surface area contributed by atoms with Gasteiger partial charge in [0.1, 0.15) is 0 Å². The number of benzene rings is 2. The molecule has 0 aliphatic carbocycles. The molecule has 0 radical (unpaired) electrons. The Morgan fingerprint density at radius 3 is 2.15 bits per heavy atom. The van der Waals surface area contributed by atoms with E-state index in [9.17, 15) is 13.2 Å². The molecule has 1 amide bonds. The number of carbonyl (C=O) groups is 1. The molecule has 0 spiro atoms. The zero-order valence-corrected chi connectivity index (χ0v) is 16.8. The van der Waals surface area contributed by atoms with Crippen LogP contribution in [0.4, 0.5) is 5.69 Å². The summed E-state index contributed by atoms with van der Waals surface area (Å²) in [6, 6.07) is 8.90. The molecule has 0 saturated heterocycles. The summed E-state index contributed by atoms with van der Waals surface area (Å²) < 4.78 is 37.9. The Morgan fingerprint density at radius 2 is 1.59 bits per heavy atom. The van der Waals surface area contributed by atoms with Crippen LogP contribution in [-0.2, 0) is 14.8 Å². The molecule has 27 heavy (non-hydrogen) atoms. The minimum Gasteiger partial charge on any atom is -0.493 e. The van der Waals surface area contributed by atoms with Crippen molar-refractivity contribution in [3.8, 4) is 11.5 Å². The van der Waals surface area contributed by atoms with Crippen LogP contribution in [0.1, 0.15) is 18.1 Å². The van der Waals surface area contributed by atoms with Crippen LogP contribution >= 0.6 is 0 Å². The Hall–Kier alpha value is -2.58. The zero-order valence-electron chi connectivity index (χ0n) is 16.0. The second kappa shape index (κ2) is 8.41. The van der Waals surface area contributed by atoms with Gasteiger partial charge in [-0.2, -0.15) is 4.72 Å². The van der Waals surface area contributed by atoms with Gasteiger partial charge in [0, 0.05) is 11.8 Å². The van der Waals surface area contributed by atoms with Gasteiger partial charge in [0.25, 0.3) is 0 Å². The summed E-state index contributed by atoms with van der Waals surface area (Å²) in [4.78, 5) is 12.4. The van der Waals surface area contributed by atoms with E-state index in [-0.39, 0.29) is 10.6 Å². The second-order valence-corrected chi connectivity index (χ2v) is 7.83. The normalized spacial score (nSPS) is 12.3. The van der Waals surface area contributed by atoms with Gasteiger partial charge in [-0.1, -0.05) is 18.2 Å². The van der Waals surface area contributed by atoms with Gasteiger partial charge in [0.2, 0.25) is 15.9 Å². The van der Waals surface area contributed by atoms with Gasteiger partial charge in [-0.3, -0.25) is 4.79 Å². The van der Waals surface area contributed by atoms with E-state index >= 15 is 0 Å². The van der Waals surface area contributed by atoms with E-state index in [1.54, 1.807) is 0 Å². The van der Waals surface area contributed by atoms with Gasteiger partial charge in [-0.25, -0.2) is 8.42 Å². The topological polar surface area (TPSA) is 93.7 Å². The molecule has 7 nitrogen and oxygen atoms in total. The van der Waals surface area contributed by atoms with E-state index in [1.807, 2.05) is 32.0 Å². The molecule has 0 aromatic heterocycles. The summed E-state index contributed by atoms with van der Waals surface area (Å²) >= 11 is 0. The van der Waals surface area contributed by atoms with E-state index in [1.165, 1.54) is 39.3 Å². The minimum atomic E-state index is -3.92. The molecule has 0 heterocycles. The third-order valence-electron chi connectivity index (χ3n) is 4.12. The van der Waals surface area contributed by atoms with Crippen LogP contribution < -0.4 is 19.5 Å². The lowest BCUT2D eigenvalue weighted by Gasteiger charge is -2.17. The molecule has 0 bridgehead atoms. The first kappa shape index (κ1) is 20.7. The maximum absolute atomic E-state index is 12.6. The van der Waals surface area contributed by atoms with Crippen molar-refractivity contribution in [3.05, 3.63) is 47.5 Å². The van der Waals surface area contributed by atoms with Crippen molar-refractivity contribution in [2.45, 2.75) is 31.7 Å². The Bertz CT molecular complexity index is 921. The molecule has 0 aliphatic heterocycles. The fourth-order valence-corrected chi connectivity index (χ4v) is 3.80. The van der Waals surface area contributed by atoms with E-state index in [0.29, 0.717) is 11.4 Å². The molecule has 146 valence electrons. The van der Waals surface area contributed by atoms with E-state index in [4.69, 9.17) is 9.47 Å². The summed E-state index contributed by atoms with van der Waals surface area (Å²) in [5, 5.41) is 2.78. The second-order valence-electron chi connectivity index (χ2n) is 6.12. The lowest BCUT2D eigenvalue weighted by atomic mass is 10.1. The molecular formula is C19H24N2O5S. The highest BCUT2D eigenvalue weighted by molar-refractivity contribution is 7.89. The highest BCUT2D eigenvalue weighted by Crippen LogP contribution is 2.29. The van der Waals surface area contributed by atoms with E-state index < -0.39 is 22.0 Å². The van der Waals surface area contributed by atoms with Gasteiger partial charge in [0.05, 0.1) is 25.2 Å². The van der Waals surface area contributed by atoms with Crippen LogP contribution in [0.25, 0.3) is 0 Å². The van der Waals surface area contributed by atoms with Crippen molar-refractivity contribution in [2.75, 3.05) is 19.5 Å². The van der Waals surface area contributed by atoms with Crippen molar-refractivity contribution in [1.82, 2.24) is 4.72 Å². The quantitative estimate of drug-likeness (QED) is 0.755. The summed E-state index contributed by atoms with van der Waals surface area (Å²) in [6.45, 7) is 5.24. The van der Waals surface area contributed by atoms with Gasteiger partial charge in [0.15, 0.2) is 11.5 Å². The van der Waals surface area contributed by atoms with Crippen LogP contribution in [0.3, 0.4) is 0 Å².